The quantitative estimate of drug-likeness (QED) is 0.682. The van der Waals surface area contributed by atoms with E-state index in [4.69, 9.17) is 0 Å². The van der Waals surface area contributed by atoms with E-state index in [-0.39, 0.29) is 17.7 Å². The highest BCUT2D eigenvalue weighted by molar-refractivity contribution is 5.94. The highest BCUT2D eigenvalue weighted by atomic mass is 16.3. The second-order valence-electron chi connectivity index (χ2n) is 8.58. The number of piperazine rings is 1. The third-order valence-corrected chi connectivity index (χ3v) is 6.31. The molecular formula is C26H35N3O2. The zero-order valence-corrected chi connectivity index (χ0v) is 19.2. The van der Waals surface area contributed by atoms with Crippen molar-refractivity contribution in [1.29, 1.82) is 0 Å². The first kappa shape index (κ1) is 23.0. The van der Waals surface area contributed by atoms with Gasteiger partial charge in [0.05, 0.1) is 6.04 Å². The van der Waals surface area contributed by atoms with Crippen LogP contribution >= 0.6 is 0 Å². The Morgan fingerprint density at radius 2 is 1.84 bits per heavy atom. The molecule has 31 heavy (non-hydrogen) atoms. The summed E-state index contributed by atoms with van der Waals surface area (Å²) in [5.41, 5.74) is 2.79. The van der Waals surface area contributed by atoms with Crippen LogP contribution in [0.1, 0.15) is 48.3 Å². The first-order valence-corrected chi connectivity index (χ1v) is 11.1. The van der Waals surface area contributed by atoms with Crippen LogP contribution in [0.3, 0.4) is 0 Å². The van der Waals surface area contributed by atoms with E-state index in [0.29, 0.717) is 24.2 Å². The summed E-state index contributed by atoms with van der Waals surface area (Å²) in [4.78, 5) is 19.5. The highest BCUT2D eigenvalue weighted by Crippen LogP contribution is 2.35. The molecule has 1 aliphatic heterocycles. The van der Waals surface area contributed by atoms with Gasteiger partial charge in [-0.25, -0.2) is 0 Å². The predicted molar refractivity (Wildman–Crippen MR) is 126 cm³/mol. The molecule has 0 unspecified atom stereocenters. The van der Waals surface area contributed by atoms with Crippen molar-refractivity contribution < 1.29 is 9.90 Å². The van der Waals surface area contributed by atoms with Gasteiger partial charge in [0, 0.05) is 50.9 Å². The number of benzene rings is 2. The van der Waals surface area contributed by atoms with Gasteiger partial charge in [0.15, 0.2) is 0 Å². The maximum absolute atomic E-state index is 12.8. The zero-order chi connectivity index (χ0) is 22.5. The average molecular weight is 422 g/mol. The SMILES string of the molecule is C=CCN1C[C@H](C)N([C@@H](c2cccc(O)c2)c2cccc(C(=O)N(C)CC)c2)C[C@H]1C. The van der Waals surface area contributed by atoms with Gasteiger partial charge in [-0.1, -0.05) is 30.3 Å². The van der Waals surface area contributed by atoms with Crippen molar-refractivity contribution >= 4 is 5.91 Å². The summed E-state index contributed by atoms with van der Waals surface area (Å²) < 4.78 is 0. The van der Waals surface area contributed by atoms with E-state index >= 15 is 0 Å². The van der Waals surface area contributed by atoms with Crippen LogP contribution in [-0.2, 0) is 0 Å². The van der Waals surface area contributed by atoms with Gasteiger partial charge in [0.25, 0.3) is 5.91 Å². The minimum Gasteiger partial charge on any atom is -0.508 e. The summed E-state index contributed by atoms with van der Waals surface area (Å²) in [6.07, 6.45) is 1.96. The third kappa shape index (κ3) is 5.17. The molecule has 1 N–H and O–H groups in total. The van der Waals surface area contributed by atoms with E-state index in [2.05, 4.69) is 42.4 Å². The molecular weight excluding hydrogens is 386 g/mol. The number of carbonyl (C=O) groups excluding carboxylic acids is 1. The molecule has 0 aromatic heterocycles. The van der Waals surface area contributed by atoms with Crippen molar-refractivity contribution in [2.75, 3.05) is 33.2 Å². The molecule has 1 saturated heterocycles. The van der Waals surface area contributed by atoms with Crippen LogP contribution in [0.15, 0.2) is 61.2 Å². The van der Waals surface area contributed by atoms with Crippen molar-refractivity contribution in [3.63, 3.8) is 0 Å². The number of amides is 1. The highest BCUT2D eigenvalue weighted by Gasteiger charge is 2.34. The molecule has 1 amide bonds. The first-order valence-electron chi connectivity index (χ1n) is 11.1. The van der Waals surface area contributed by atoms with Crippen molar-refractivity contribution in [1.82, 2.24) is 14.7 Å². The molecule has 166 valence electrons. The van der Waals surface area contributed by atoms with Crippen molar-refractivity contribution in [2.45, 2.75) is 38.9 Å². The van der Waals surface area contributed by atoms with E-state index in [1.807, 2.05) is 50.4 Å². The fraction of sp³-hybridized carbons (Fsp3) is 0.423. The van der Waals surface area contributed by atoms with Gasteiger partial charge < -0.3 is 10.0 Å². The Balaban J connectivity index is 2.03. The molecule has 3 atom stereocenters. The summed E-state index contributed by atoms with van der Waals surface area (Å²) >= 11 is 0. The summed E-state index contributed by atoms with van der Waals surface area (Å²) in [5.74, 6) is 0.280. The van der Waals surface area contributed by atoms with E-state index < -0.39 is 0 Å². The zero-order valence-electron chi connectivity index (χ0n) is 19.2. The van der Waals surface area contributed by atoms with Crippen LogP contribution in [0.5, 0.6) is 5.75 Å². The van der Waals surface area contributed by atoms with E-state index in [1.54, 1.807) is 11.0 Å². The predicted octanol–water partition coefficient (Wildman–Crippen LogP) is 4.15. The number of hydrogen-bond donors (Lipinski definition) is 1. The summed E-state index contributed by atoms with van der Waals surface area (Å²) in [6, 6.07) is 16.1. The minimum absolute atomic E-state index is 0.0243. The average Bonchev–Trinajstić information content (AvgIpc) is 2.76. The fourth-order valence-electron chi connectivity index (χ4n) is 4.48. The summed E-state index contributed by atoms with van der Waals surface area (Å²) in [6.45, 7) is 13.8. The lowest BCUT2D eigenvalue weighted by atomic mass is 9.92. The van der Waals surface area contributed by atoms with Crippen LogP contribution in [0.4, 0.5) is 0 Å². The smallest absolute Gasteiger partial charge is 0.253 e. The number of phenols is 1. The Morgan fingerprint density at radius 3 is 2.48 bits per heavy atom. The number of aromatic hydroxyl groups is 1. The molecule has 0 radical (unpaired) electrons. The molecule has 2 aromatic carbocycles. The first-order chi connectivity index (χ1) is 14.8. The normalized spacial score (nSPS) is 20.9. The van der Waals surface area contributed by atoms with Gasteiger partial charge in [-0.2, -0.15) is 0 Å². The van der Waals surface area contributed by atoms with Crippen molar-refractivity contribution in [3.8, 4) is 5.75 Å². The second-order valence-corrected chi connectivity index (χ2v) is 8.58. The Bertz CT molecular complexity index is 913. The van der Waals surface area contributed by atoms with E-state index in [9.17, 15) is 9.90 Å². The molecule has 1 aliphatic rings. The molecule has 5 nitrogen and oxygen atoms in total. The number of rotatable bonds is 7. The van der Waals surface area contributed by atoms with Crippen LogP contribution in [-0.4, -0.2) is 71.0 Å². The Kier molecular flexibility index (Phi) is 7.52. The summed E-state index contributed by atoms with van der Waals surface area (Å²) in [5, 5.41) is 10.2. The Hall–Kier alpha value is -2.63. The molecule has 0 spiro atoms. The van der Waals surface area contributed by atoms with Gasteiger partial charge >= 0.3 is 0 Å². The number of carbonyl (C=O) groups is 1. The number of hydrogen-bond acceptors (Lipinski definition) is 4. The topological polar surface area (TPSA) is 47.0 Å². The molecule has 3 rings (SSSR count). The van der Waals surface area contributed by atoms with E-state index in [1.165, 1.54) is 0 Å². The molecule has 0 bridgehead atoms. The minimum atomic E-state index is -0.0462. The molecule has 1 heterocycles. The van der Waals surface area contributed by atoms with E-state index in [0.717, 1.165) is 30.8 Å². The lowest BCUT2D eigenvalue weighted by Gasteiger charge is -2.47. The van der Waals surface area contributed by atoms with Gasteiger partial charge in [-0.3, -0.25) is 14.6 Å². The van der Waals surface area contributed by atoms with Gasteiger partial charge in [0.1, 0.15) is 5.75 Å². The van der Waals surface area contributed by atoms with Crippen LogP contribution in [0.25, 0.3) is 0 Å². The molecule has 0 saturated carbocycles. The number of nitrogens with zero attached hydrogens (tertiary/aromatic N) is 3. The molecule has 2 aromatic rings. The fourth-order valence-corrected chi connectivity index (χ4v) is 4.48. The lowest BCUT2D eigenvalue weighted by molar-refractivity contribution is 0.0306. The standard InChI is InChI=1S/C26H35N3O2/c1-6-14-28-17-20(4)29(18-19(28)3)25(22-11-9-13-24(30)16-22)21-10-8-12-23(15-21)26(31)27(5)7-2/h6,8-13,15-16,19-20,25,30H,1,7,14,17-18H2,2-5H3/t19-,20+,25-/m1/s1. The van der Waals surface area contributed by atoms with Crippen molar-refractivity contribution in [2.24, 2.45) is 0 Å². The monoisotopic (exact) mass is 421 g/mol. The molecule has 5 heteroatoms. The maximum atomic E-state index is 12.8. The molecule has 0 aliphatic carbocycles. The van der Waals surface area contributed by atoms with Gasteiger partial charge in [-0.05, 0) is 56.2 Å². The van der Waals surface area contributed by atoms with Crippen LogP contribution in [0, 0.1) is 0 Å². The third-order valence-electron chi connectivity index (χ3n) is 6.31. The van der Waals surface area contributed by atoms with Crippen molar-refractivity contribution in [3.05, 3.63) is 77.9 Å². The lowest BCUT2D eigenvalue weighted by Crippen LogP contribution is -2.57. The van der Waals surface area contributed by atoms with Gasteiger partial charge in [-0.15, -0.1) is 6.58 Å². The van der Waals surface area contributed by atoms with Crippen LogP contribution < -0.4 is 0 Å². The van der Waals surface area contributed by atoms with Gasteiger partial charge in [0.2, 0.25) is 0 Å². The van der Waals surface area contributed by atoms with Crippen LogP contribution in [0.2, 0.25) is 0 Å². The molecule has 1 fully saturated rings. The second kappa shape index (κ2) is 10.1. The number of phenolic OH excluding ortho intramolecular Hbond substituents is 1. The largest absolute Gasteiger partial charge is 0.508 e. The summed E-state index contributed by atoms with van der Waals surface area (Å²) in [7, 11) is 1.82. The Morgan fingerprint density at radius 1 is 1.16 bits per heavy atom. The maximum Gasteiger partial charge on any atom is 0.253 e. The Labute approximate surface area is 186 Å².